The summed E-state index contributed by atoms with van der Waals surface area (Å²) in [5, 5.41) is 10.5. The van der Waals surface area contributed by atoms with Crippen molar-refractivity contribution in [2.75, 3.05) is 39.6 Å². The van der Waals surface area contributed by atoms with Crippen LogP contribution in [0.2, 0.25) is 0 Å². The van der Waals surface area contributed by atoms with E-state index in [9.17, 15) is 43.2 Å². The van der Waals surface area contributed by atoms with Crippen molar-refractivity contribution in [1.29, 1.82) is 0 Å². The third-order valence-electron chi connectivity index (χ3n) is 14.5. The first kappa shape index (κ1) is 80.1. The highest BCUT2D eigenvalue weighted by molar-refractivity contribution is 7.47. The van der Waals surface area contributed by atoms with Gasteiger partial charge in [-0.15, -0.1) is 0 Å². The first-order chi connectivity index (χ1) is 39.4. The molecule has 0 aromatic carbocycles. The van der Waals surface area contributed by atoms with Crippen LogP contribution in [0.1, 0.15) is 311 Å². The molecule has 0 heterocycles. The van der Waals surface area contributed by atoms with Gasteiger partial charge in [-0.2, -0.15) is 0 Å². The summed E-state index contributed by atoms with van der Waals surface area (Å²) in [7, 11) is -9.88. The largest absolute Gasteiger partial charge is 0.472 e. The zero-order chi connectivity index (χ0) is 60.8. The quantitative estimate of drug-likeness (QED) is 0.0222. The van der Waals surface area contributed by atoms with E-state index in [1.54, 1.807) is 0 Å². The molecule has 486 valence electrons. The predicted molar refractivity (Wildman–Crippen MR) is 326 cm³/mol. The summed E-state index contributed by atoms with van der Waals surface area (Å²) in [6.07, 6.45) is 37.6. The molecule has 0 fully saturated rings. The van der Waals surface area contributed by atoms with Gasteiger partial charge in [-0.25, -0.2) is 9.13 Å². The van der Waals surface area contributed by atoms with E-state index in [0.29, 0.717) is 25.7 Å². The lowest BCUT2D eigenvalue weighted by Gasteiger charge is -2.21. The van der Waals surface area contributed by atoms with Gasteiger partial charge in [-0.05, 0) is 37.5 Å². The molecule has 0 saturated carbocycles. The van der Waals surface area contributed by atoms with E-state index in [4.69, 9.17) is 37.0 Å². The number of carbonyl (C=O) groups is 4. The number of rotatable bonds is 62. The van der Waals surface area contributed by atoms with E-state index >= 15 is 0 Å². The van der Waals surface area contributed by atoms with E-state index in [-0.39, 0.29) is 25.7 Å². The maximum absolute atomic E-state index is 13.0. The molecule has 17 nitrogen and oxygen atoms in total. The van der Waals surface area contributed by atoms with Crippen molar-refractivity contribution < 1.29 is 80.2 Å². The van der Waals surface area contributed by atoms with Crippen molar-refractivity contribution >= 4 is 39.5 Å². The Hall–Kier alpha value is -1.94. The van der Waals surface area contributed by atoms with Gasteiger partial charge in [0, 0.05) is 25.7 Å². The molecule has 82 heavy (non-hydrogen) atoms. The maximum atomic E-state index is 13.0. The number of phosphoric ester groups is 2. The maximum Gasteiger partial charge on any atom is 0.472 e. The first-order valence-corrected chi connectivity index (χ1v) is 36.0. The summed E-state index contributed by atoms with van der Waals surface area (Å²) >= 11 is 0. The van der Waals surface area contributed by atoms with Gasteiger partial charge in [-0.1, -0.05) is 260 Å². The molecule has 0 aromatic heterocycles. The van der Waals surface area contributed by atoms with Crippen LogP contribution in [-0.2, 0) is 65.4 Å². The fraction of sp³-hybridized carbons (Fsp3) is 0.937. The Kier molecular flexibility index (Phi) is 54.3. The number of phosphoric acid groups is 2. The first-order valence-electron chi connectivity index (χ1n) is 33.0. The van der Waals surface area contributed by atoms with Gasteiger partial charge >= 0.3 is 39.5 Å². The van der Waals surface area contributed by atoms with E-state index in [0.717, 1.165) is 115 Å². The Balaban J connectivity index is 5.22. The number of carbonyl (C=O) groups excluding carboxylic acids is 4. The normalized spacial score (nSPS) is 14.3. The number of hydrogen-bond acceptors (Lipinski definition) is 15. The third kappa shape index (κ3) is 57.2. The van der Waals surface area contributed by atoms with E-state index in [2.05, 4.69) is 41.5 Å². The summed E-state index contributed by atoms with van der Waals surface area (Å²) in [5.74, 6) is -0.648. The van der Waals surface area contributed by atoms with Crippen LogP contribution in [0, 0.1) is 11.8 Å². The topological polar surface area (TPSA) is 237 Å². The number of aliphatic hydroxyl groups excluding tert-OH is 1. The van der Waals surface area contributed by atoms with Crippen LogP contribution in [0.25, 0.3) is 0 Å². The number of aliphatic hydroxyl groups is 1. The molecule has 2 unspecified atom stereocenters. The average Bonchev–Trinajstić information content (AvgIpc) is 3.44. The SMILES string of the molecule is CCCCCCCCCCCCC(=O)O[C@H](COC(=O)CCCCCCCCC)COP(=O)(O)OC[C@H](O)COP(=O)(O)OC[C@@H](COC(=O)CCCCCCCCCCC(C)C)OC(=O)CCCCCCCCCCCCCC(C)C. The Morgan fingerprint density at radius 1 is 0.329 bits per heavy atom. The molecular formula is C63H122O17P2. The van der Waals surface area contributed by atoms with Crippen LogP contribution < -0.4 is 0 Å². The Morgan fingerprint density at radius 3 is 0.829 bits per heavy atom. The molecule has 5 atom stereocenters. The van der Waals surface area contributed by atoms with Crippen molar-refractivity contribution in [2.24, 2.45) is 11.8 Å². The number of ether oxygens (including phenoxy) is 4. The smallest absolute Gasteiger partial charge is 0.462 e. The fourth-order valence-electron chi connectivity index (χ4n) is 9.35. The standard InChI is InChI=1S/C63H122O17P2/c1-7-9-11-13-15-16-21-29-35-41-47-62(67)79-58(51-73-60(65)45-39-33-25-14-12-10-8-2)53-77-81(69,70)75-49-57(64)50-76-82(71,72)78-54-59(52-74-61(66)46-40-34-28-24-23-27-32-38-44-56(5)6)80-63(68)48-42-36-30-22-19-17-18-20-26-31-37-43-55(3)4/h55-59,64H,7-54H2,1-6H3,(H,69,70)(H,71,72)/t57-,58+,59+/m0/s1. The molecule has 3 N–H and O–H groups in total. The molecule has 0 aromatic rings. The monoisotopic (exact) mass is 1210 g/mol. The summed E-state index contributed by atoms with van der Waals surface area (Å²) in [5.41, 5.74) is 0. The van der Waals surface area contributed by atoms with Crippen molar-refractivity contribution in [1.82, 2.24) is 0 Å². The zero-order valence-corrected chi connectivity index (χ0v) is 54.6. The van der Waals surface area contributed by atoms with E-state index in [1.165, 1.54) is 116 Å². The van der Waals surface area contributed by atoms with Crippen LogP contribution in [0.15, 0.2) is 0 Å². The van der Waals surface area contributed by atoms with Crippen molar-refractivity contribution in [2.45, 2.75) is 330 Å². The minimum absolute atomic E-state index is 0.106. The van der Waals surface area contributed by atoms with Crippen LogP contribution in [-0.4, -0.2) is 96.7 Å². The second-order valence-electron chi connectivity index (χ2n) is 23.7. The highest BCUT2D eigenvalue weighted by Crippen LogP contribution is 2.45. The van der Waals surface area contributed by atoms with Crippen molar-refractivity contribution in [3.8, 4) is 0 Å². The minimum atomic E-state index is -4.94. The Bertz CT molecular complexity index is 1620. The van der Waals surface area contributed by atoms with Gasteiger partial charge < -0.3 is 33.8 Å². The molecule has 0 spiro atoms. The molecular weight excluding hydrogens is 1090 g/mol. The predicted octanol–water partition coefficient (Wildman–Crippen LogP) is 17.3. The van der Waals surface area contributed by atoms with Gasteiger partial charge in [0.25, 0.3) is 0 Å². The van der Waals surface area contributed by atoms with Crippen LogP contribution in [0.3, 0.4) is 0 Å². The second kappa shape index (κ2) is 55.6. The molecule has 0 amide bonds. The fourth-order valence-corrected chi connectivity index (χ4v) is 10.9. The molecule has 0 aliphatic carbocycles. The van der Waals surface area contributed by atoms with E-state index in [1.807, 2.05) is 0 Å². The van der Waals surface area contributed by atoms with Crippen LogP contribution in [0.4, 0.5) is 0 Å². The summed E-state index contributed by atoms with van der Waals surface area (Å²) in [4.78, 5) is 72.0. The van der Waals surface area contributed by atoms with Crippen molar-refractivity contribution in [3.63, 3.8) is 0 Å². The molecule has 19 heteroatoms. The summed E-state index contributed by atoms with van der Waals surface area (Å²) in [6.45, 7) is 9.41. The molecule has 0 bridgehead atoms. The Labute approximate surface area is 498 Å². The lowest BCUT2D eigenvalue weighted by molar-refractivity contribution is -0.161. The van der Waals surface area contributed by atoms with E-state index < -0.39 is 97.5 Å². The van der Waals surface area contributed by atoms with Gasteiger partial charge in [0.1, 0.15) is 19.3 Å². The molecule has 0 saturated heterocycles. The molecule has 0 aliphatic rings. The third-order valence-corrected chi connectivity index (χ3v) is 16.4. The van der Waals surface area contributed by atoms with Gasteiger partial charge in [-0.3, -0.25) is 37.3 Å². The molecule has 0 aliphatic heterocycles. The molecule has 0 rings (SSSR count). The Morgan fingerprint density at radius 2 is 0.561 bits per heavy atom. The lowest BCUT2D eigenvalue weighted by Crippen LogP contribution is -2.30. The number of hydrogen-bond donors (Lipinski definition) is 3. The van der Waals surface area contributed by atoms with Gasteiger partial charge in [0.05, 0.1) is 26.4 Å². The highest BCUT2D eigenvalue weighted by Gasteiger charge is 2.30. The number of unbranched alkanes of at least 4 members (excludes halogenated alkanes) is 32. The van der Waals surface area contributed by atoms with Gasteiger partial charge in [0.15, 0.2) is 12.2 Å². The van der Waals surface area contributed by atoms with Gasteiger partial charge in [0.2, 0.25) is 0 Å². The minimum Gasteiger partial charge on any atom is -0.462 e. The van der Waals surface area contributed by atoms with Crippen LogP contribution >= 0.6 is 15.6 Å². The molecule has 0 radical (unpaired) electrons. The highest BCUT2D eigenvalue weighted by atomic mass is 31.2. The lowest BCUT2D eigenvalue weighted by atomic mass is 10.0. The second-order valence-corrected chi connectivity index (χ2v) is 26.7. The van der Waals surface area contributed by atoms with Crippen LogP contribution in [0.5, 0.6) is 0 Å². The summed E-state index contributed by atoms with van der Waals surface area (Å²) in [6, 6.07) is 0. The number of esters is 4. The summed E-state index contributed by atoms with van der Waals surface area (Å²) < 4.78 is 67.9. The zero-order valence-electron chi connectivity index (χ0n) is 52.8. The van der Waals surface area contributed by atoms with Crippen molar-refractivity contribution in [3.05, 3.63) is 0 Å². The average molecular weight is 1210 g/mol.